The van der Waals surface area contributed by atoms with Crippen molar-refractivity contribution in [3.05, 3.63) is 78.1 Å². The van der Waals surface area contributed by atoms with Crippen LogP contribution in [-0.2, 0) is 11.6 Å². The van der Waals surface area contributed by atoms with Crippen molar-refractivity contribution in [2.75, 3.05) is 32.1 Å². The van der Waals surface area contributed by atoms with Gasteiger partial charge in [0.25, 0.3) is 0 Å². The summed E-state index contributed by atoms with van der Waals surface area (Å²) in [6.45, 7) is 8.83. The molecule has 0 radical (unpaired) electrons. The number of benzene rings is 2. The van der Waals surface area contributed by atoms with E-state index in [1.54, 1.807) is 42.6 Å². The van der Waals surface area contributed by atoms with Crippen molar-refractivity contribution in [2.45, 2.75) is 45.2 Å². The van der Waals surface area contributed by atoms with Gasteiger partial charge in [-0.3, -0.25) is 0 Å². The third-order valence-corrected chi connectivity index (χ3v) is 8.25. The Morgan fingerprint density at radius 2 is 1.76 bits per heavy atom. The first-order valence-corrected chi connectivity index (χ1v) is 14.8. The lowest BCUT2D eigenvalue weighted by Gasteiger charge is -2.28. The topological polar surface area (TPSA) is 59.5 Å². The molecule has 3 heterocycles. The minimum atomic E-state index is -4.64. The number of ether oxygens (including phenoxy) is 2. The first kappa shape index (κ1) is 29.8. The molecule has 0 amide bonds. The Balaban J connectivity index is 1.39. The molecule has 1 N–H and O–H groups in total. The van der Waals surface area contributed by atoms with Gasteiger partial charge in [0, 0.05) is 11.8 Å². The van der Waals surface area contributed by atoms with Gasteiger partial charge in [-0.25, -0.2) is 9.97 Å². The molecule has 1 aliphatic rings. The number of anilines is 2. The Hall–Kier alpha value is -3.63. The standard InChI is InChI=1S/C32H35F3N4O2S/c1-31(2,3)24-11-5-6-13-26(24)41-29-25(12-8-16-36-29)37-30-38-28(32(33,34)35)27(42-30)22-9-7-10-23(19-22)40-20-21-14-17-39(4)18-15-21/h5-13,16,19,21H,14-15,17-18,20H2,1-4H3,(H,37,38). The quantitative estimate of drug-likeness (QED) is 0.219. The molecule has 4 aromatic rings. The molecule has 0 atom stereocenters. The highest BCUT2D eigenvalue weighted by Crippen LogP contribution is 2.44. The number of hydrogen-bond donors (Lipinski definition) is 1. The Morgan fingerprint density at radius 3 is 2.50 bits per heavy atom. The molecule has 10 heteroatoms. The number of aromatic nitrogens is 2. The number of para-hydroxylation sites is 1. The van der Waals surface area contributed by atoms with E-state index >= 15 is 0 Å². The van der Waals surface area contributed by atoms with E-state index in [9.17, 15) is 13.2 Å². The number of rotatable bonds is 8. The molecular weight excluding hydrogens is 561 g/mol. The van der Waals surface area contributed by atoms with E-state index < -0.39 is 11.9 Å². The van der Waals surface area contributed by atoms with Gasteiger partial charge in [0.2, 0.25) is 5.88 Å². The molecule has 1 fully saturated rings. The summed E-state index contributed by atoms with van der Waals surface area (Å²) in [4.78, 5) is 10.6. The van der Waals surface area contributed by atoms with Crippen molar-refractivity contribution >= 4 is 22.2 Å². The van der Waals surface area contributed by atoms with Crippen LogP contribution in [0.5, 0.6) is 17.4 Å². The maximum Gasteiger partial charge on any atom is 0.434 e. The number of likely N-dealkylation sites (tertiary alicyclic amines) is 1. The number of nitrogens with one attached hydrogen (secondary N) is 1. The summed E-state index contributed by atoms with van der Waals surface area (Å²) in [7, 11) is 2.10. The Bertz CT molecular complexity index is 1510. The van der Waals surface area contributed by atoms with Crippen LogP contribution >= 0.6 is 11.3 Å². The predicted octanol–water partition coefficient (Wildman–Crippen LogP) is 8.78. The summed E-state index contributed by atoms with van der Waals surface area (Å²) in [5.74, 6) is 1.84. The van der Waals surface area contributed by atoms with Crippen molar-refractivity contribution < 1.29 is 22.6 Å². The number of pyridine rings is 1. The molecule has 2 aromatic heterocycles. The molecular formula is C32H35F3N4O2S. The highest BCUT2D eigenvalue weighted by molar-refractivity contribution is 7.19. The third kappa shape index (κ3) is 7.22. The van der Waals surface area contributed by atoms with Gasteiger partial charge in [-0.15, -0.1) is 0 Å². The molecule has 42 heavy (non-hydrogen) atoms. The van der Waals surface area contributed by atoms with Crippen LogP contribution in [0.25, 0.3) is 10.4 Å². The maximum absolute atomic E-state index is 14.2. The third-order valence-electron chi connectivity index (χ3n) is 7.23. The molecule has 2 aromatic carbocycles. The van der Waals surface area contributed by atoms with Gasteiger partial charge >= 0.3 is 6.18 Å². The number of thiazole rings is 1. The number of piperidine rings is 1. The Labute approximate surface area is 248 Å². The molecule has 0 bridgehead atoms. The van der Waals surface area contributed by atoms with Crippen molar-refractivity contribution in [3.8, 4) is 27.8 Å². The van der Waals surface area contributed by atoms with Crippen molar-refractivity contribution in [3.63, 3.8) is 0 Å². The zero-order valence-electron chi connectivity index (χ0n) is 24.2. The maximum atomic E-state index is 14.2. The van der Waals surface area contributed by atoms with Crippen LogP contribution in [0.2, 0.25) is 0 Å². The SMILES string of the molecule is CN1CCC(COc2cccc(-c3sc(Nc4cccnc4Oc4ccccc4C(C)(C)C)nc3C(F)(F)F)c2)CC1. The zero-order valence-corrected chi connectivity index (χ0v) is 25.0. The van der Waals surface area contributed by atoms with Crippen LogP contribution in [0.3, 0.4) is 0 Å². The van der Waals surface area contributed by atoms with Crippen molar-refractivity contribution in [1.29, 1.82) is 0 Å². The van der Waals surface area contributed by atoms with Gasteiger partial charge in [-0.05, 0) is 80.2 Å². The fourth-order valence-corrected chi connectivity index (χ4v) is 5.89. The molecule has 1 aliphatic heterocycles. The minimum absolute atomic E-state index is 0.0131. The van der Waals surface area contributed by atoms with E-state index in [4.69, 9.17) is 9.47 Å². The van der Waals surface area contributed by atoms with Gasteiger partial charge in [0.1, 0.15) is 17.2 Å². The van der Waals surface area contributed by atoms with E-state index in [1.807, 2.05) is 24.3 Å². The number of nitrogens with zero attached hydrogens (tertiary/aromatic N) is 3. The van der Waals surface area contributed by atoms with Crippen LogP contribution in [-0.4, -0.2) is 41.6 Å². The summed E-state index contributed by atoms with van der Waals surface area (Å²) in [5, 5.41) is 3.11. The second-order valence-electron chi connectivity index (χ2n) is 11.6. The van der Waals surface area contributed by atoms with Gasteiger partial charge in [-0.1, -0.05) is 62.4 Å². The molecule has 0 spiro atoms. The number of alkyl halides is 3. The molecule has 5 rings (SSSR count). The normalized spacial score (nSPS) is 15.0. The van der Waals surface area contributed by atoms with Gasteiger partial charge in [0.05, 0.1) is 11.5 Å². The lowest BCUT2D eigenvalue weighted by Crippen LogP contribution is -2.32. The smallest absolute Gasteiger partial charge is 0.434 e. The lowest BCUT2D eigenvalue weighted by molar-refractivity contribution is -0.140. The molecule has 0 unspecified atom stereocenters. The van der Waals surface area contributed by atoms with Crippen molar-refractivity contribution in [2.24, 2.45) is 5.92 Å². The monoisotopic (exact) mass is 596 g/mol. The summed E-state index contributed by atoms with van der Waals surface area (Å²) in [6.07, 6.45) is -0.984. The predicted molar refractivity (Wildman–Crippen MR) is 161 cm³/mol. The molecule has 6 nitrogen and oxygen atoms in total. The van der Waals surface area contributed by atoms with Crippen LogP contribution in [0.15, 0.2) is 66.9 Å². The summed E-state index contributed by atoms with van der Waals surface area (Å²) >= 11 is 0.925. The van der Waals surface area contributed by atoms with E-state index in [0.717, 1.165) is 42.8 Å². The highest BCUT2D eigenvalue weighted by atomic mass is 32.1. The first-order chi connectivity index (χ1) is 20.0. The van der Waals surface area contributed by atoms with E-state index in [0.29, 0.717) is 35.3 Å². The number of hydrogen-bond acceptors (Lipinski definition) is 7. The Kier molecular flexibility index (Phi) is 8.75. The van der Waals surface area contributed by atoms with Crippen molar-refractivity contribution in [1.82, 2.24) is 14.9 Å². The molecule has 0 aliphatic carbocycles. The fraction of sp³-hybridized carbons (Fsp3) is 0.375. The van der Waals surface area contributed by atoms with Gasteiger partial charge < -0.3 is 19.7 Å². The molecule has 222 valence electrons. The van der Waals surface area contributed by atoms with Crippen LogP contribution in [0, 0.1) is 5.92 Å². The fourth-order valence-electron chi connectivity index (χ4n) is 4.89. The Morgan fingerprint density at radius 1 is 1.00 bits per heavy atom. The zero-order chi connectivity index (χ0) is 29.9. The van der Waals surface area contributed by atoms with Gasteiger partial charge in [0.15, 0.2) is 10.8 Å². The van der Waals surface area contributed by atoms with Gasteiger partial charge in [-0.2, -0.15) is 13.2 Å². The van der Waals surface area contributed by atoms with Crippen LogP contribution in [0.4, 0.5) is 24.0 Å². The lowest BCUT2D eigenvalue weighted by atomic mass is 9.86. The molecule has 0 saturated carbocycles. The highest BCUT2D eigenvalue weighted by Gasteiger charge is 2.38. The minimum Gasteiger partial charge on any atom is -0.493 e. The summed E-state index contributed by atoms with van der Waals surface area (Å²) < 4.78 is 54.7. The van der Waals surface area contributed by atoms with E-state index in [-0.39, 0.29) is 21.3 Å². The summed E-state index contributed by atoms with van der Waals surface area (Å²) in [5.41, 5.74) is 0.652. The van der Waals surface area contributed by atoms with Crippen LogP contribution in [0.1, 0.15) is 44.9 Å². The van der Waals surface area contributed by atoms with E-state index in [1.165, 1.54) is 0 Å². The summed E-state index contributed by atoms with van der Waals surface area (Å²) in [6, 6.07) is 17.8. The molecule has 1 saturated heterocycles. The van der Waals surface area contributed by atoms with E-state index in [2.05, 4.69) is 48.0 Å². The second-order valence-corrected chi connectivity index (χ2v) is 12.6. The largest absolute Gasteiger partial charge is 0.493 e. The average Bonchev–Trinajstić information content (AvgIpc) is 3.38. The second kappa shape index (κ2) is 12.3. The van der Waals surface area contributed by atoms with Crippen LogP contribution < -0.4 is 14.8 Å². The number of halogens is 3. The first-order valence-electron chi connectivity index (χ1n) is 14.0. The average molecular weight is 597 g/mol.